The molecule has 0 bridgehead atoms. The summed E-state index contributed by atoms with van der Waals surface area (Å²) in [4.78, 5) is 23.6. The van der Waals surface area contributed by atoms with E-state index < -0.39 is 0 Å². The minimum Gasteiger partial charge on any atom is -0.482 e. The molecule has 1 aromatic rings. The summed E-state index contributed by atoms with van der Waals surface area (Å²) in [6.45, 7) is 0.0148. The highest BCUT2D eigenvalue weighted by Crippen LogP contribution is 2.28. The first-order valence-corrected chi connectivity index (χ1v) is 7.25. The van der Waals surface area contributed by atoms with Crippen molar-refractivity contribution in [2.75, 3.05) is 11.9 Å². The lowest BCUT2D eigenvalue weighted by Crippen LogP contribution is -2.40. The van der Waals surface area contributed by atoms with E-state index in [4.69, 9.17) is 10.5 Å². The Kier molecular flexibility index (Phi) is 5.26. The summed E-state index contributed by atoms with van der Waals surface area (Å²) in [7, 11) is 0. The van der Waals surface area contributed by atoms with Gasteiger partial charge in [0, 0.05) is 17.6 Å². The molecule has 0 unspecified atom stereocenters. The maximum absolute atomic E-state index is 12.3. The molecular weight excluding hydrogens is 306 g/mol. The molecule has 7 heteroatoms. The van der Waals surface area contributed by atoms with Gasteiger partial charge >= 0.3 is 0 Å². The molecule has 1 fully saturated rings. The zero-order chi connectivity index (χ0) is 14.8. The normalized spacial score (nSPS) is 23.4. The fourth-order valence-corrected chi connectivity index (χ4v) is 2.76. The van der Waals surface area contributed by atoms with Gasteiger partial charge in [-0.1, -0.05) is 0 Å². The van der Waals surface area contributed by atoms with Gasteiger partial charge in [-0.15, -0.1) is 12.4 Å². The van der Waals surface area contributed by atoms with Gasteiger partial charge in [-0.05, 0) is 43.9 Å². The van der Waals surface area contributed by atoms with Crippen molar-refractivity contribution in [3.63, 3.8) is 0 Å². The summed E-state index contributed by atoms with van der Waals surface area (Å²) >= 11 is 0. The highest BCUT2D eigenvalue weighted by Gasteiger charge is 2.22. The Hall–Kier alpha value is -1.79. The van der Waals surface area contributed by atoms with Crippen molar-refractivity contribution in [3.05, 3.63) is 23.8 Å². The van der Waals surface area contributed by atoms with Gasteiger partial charge in [0.15, 0.2) is 6.61 Å². The lowest BCUT2D eigenvalue weighted by molar-refractivity contribution is -0.118. The lowest BCUT2D eigenvalue weighted by atomic mass is 9.91. The second-order valence-electron chi connectivity index (χ2n) is 5.63. The molecule has 0 radical (unpaired) electrons. The van der Waals surface area contributed by atoms with Crippen LogP contribution in [0, 0.1) is 0 Å². The molecule has 0 saturated heterocycles. The Morgan fingerprint density at radius 2 is 2.00 bits per heavy atom. The first-order chi connectivity index (χ1) is 10.1. The second-order valence-corrected chi connectivity index (χ2v) is 5.63. The number of benzene rings is 1. The van der Waals surface area contributed by atoms with Gasteiger partial charge in [0.25, 0.3) is 11.8 Å². The zero-order valence-electron chi connectivity index (χ0n) is 12.1. The van der Waals surface area contributed by atoms with E-state index >= 15 is 0 Å². The fourth-order valence-electron chi connectivity index (χ4n) is 2.76. The molecule has 2 aliphatic rings. The molecule has 1 aromatic carbocycles. The maximum Gasteiger partial charge on any atom is 0.262 e. The molecule has 1 heterocycles. The Bertz CT molecular complexity index is 571. The number of anilines is 1. The molecule has 1 aliphatic carbocycles. The van der Waals surface area contributed by atoms with Gasteiger partial charge in [0.2, 0.25) is 0 Å². The van der Waals surface area contributed by atoms with Gasteiger partial charge in [-0.3, -0.25) is 9.59 Å². The lowest BCUT2D eigenvalue weighted by Gasteiger charge is -2.27. The number of hydrogen-bond donors (Lipinski definition) is 3. The summed E-state index contributed by atoms with van der Waals surface area (Å²) in [6, 6.07) is 5.50. The summed E-state index contributed by atoms with van der Waals surface area (Å²) in [5.74, 6) is 0.259. The van der Waals surface area contributed by atoms with Gasteiger partial charge in [-0.25, -0.2) is 0 Å². The summed E-state index contributed by atoms with van der Waals surface area (Å²) in [5, 5.41) is 5.73. The van der Waals surface area contributed by atoms with E-state index in [1.54, 1.807) is 18.2 Å². The van der Waals surface area contributed by atoms with Gasteiger partial charge in [0.1, 0.15) is 5.75 Å². The van der Waals surface area contributed by atoms with Crippen LogP contribution in [0.25, 0.3) is 0 Å². The topological polar surface area (TPSA) is 93.5 Å². The predicted molar refractivity (Wildman–Crippen MR) is 85.5 cm³/mol. The molecule has 22 heavy (non-hydrogen) atoms. The molecular formula is C15H20ClN3O3. The van der Waals surface area contributed by atoms with Gasteiger partial charge in [0.05, 0.1) is 5.69 Å². The van der Waals surface area contributed by atoms with E-state index in [0.29, 0.717) is 17.0 Å². The average Bonchev–Trinajstić information content (AvgIpc) is 2.48. The van der Waals surface area contributed by atoms with E-state index in [1.807, 2.05) is 0 Å². The highest BCUT2D eigenvalue weighted by atomic mass is 35.5. The third-order valence-electron chi connectivity index (χ3n) is 3.98. The average molecular weight is 326 g/mol. The van der Waals surface area contributed by atoms with Crippen LogP contribution in [0.3, 0.4) is 0 Å². The molecule has 0 spiro atoms. The Morgan fingerprint density at radius 1 is 1.27 bits per heavy atom. The fraction of sp³-hybridized carbons (Fsp3) is 0.467. The van der Waals surface area contributed by atoms with E-state index in [9.17, 15) is 9.59 Å². The van der Waals surface area contributed by atoms with Crippen molar-refractivity contribution in [2.24, 2.45) is 5.73 Å². The first kappa shape index (κ1) is 16.6. The van der Waals surface area contributed by atoms with Crippen LogP contribution in [-0.4, -0.2) is 30.5 Å². The number of hydrogen-bond acceptors (Lipinski definition) is 4. The molecule has 1 saturated carbocycles. The monoisotopic (exact) mass is 325 g/mol. The number of nitrogens with two attached hydrogens (primary N) is 1. The van der Waals surface area contributed by atoms with Crippen LogP contribution in [0.5, 0.6) is 5.75 Å². The zero-order valence-corrected chi connectivity index (χ0v) is 12.9. The number of carbonyl (C=O) groups excluding carboxylic acids is 2. The van der Waals surface area contributed by atoms with E-state index in [0.717, 1.165) is 25.7 Å². The number of rotatable bonds is 2. The van der Waals surface area contributed by atoms with Crippen molar-refractivity contribution in [1.29, 1.82) is 0 Å². The largest absolute Gasteiger partial charge is 0.482 e. The van der Waals surface area contributed by atoms with Crippen LogP contribution in [0.4, 0.5) is 5.69 Å². The number of halogens is 1. The summed E-state index contributed by atoms with van der Waals surface area (Å²) in [5.41, 5.74) is 6.93. The van der Waals surface area contributed by atoms with Gasteiger partial charge < -0.3 is 21.1 Å². The molecule has 4 N–H and O–H groups in total. The molecule has 6 nitrogen and oxygen atoms in total. The summed E-state index contributed by atoms with van der Waals surface area (Å²) in [6.07, 6.45) is 3.72. The van der Waals surface area contributed by atoms with Crippen LogP contribution in [-0.2, 0) is 4.79 Å². The van der Waals surface area contributed by atoms with Crippen LogP contribution in [0.15, 0.2) is 18.2 Å². The molecule has 2 amide bonds. The number of fused-ring (bicyclic) bond motifs is 1. The molecule has 1 aliphatic heterocycles. The minimum absolute atomic E-state index is 0. The first-order valence-electron chi connectivity index (χ1n) is 7.25. The van der Waals surface area contributed by atoms with Crippen molar-refractivity contribution in [1.82, 2.24) is 5.32 Å². The van der Waals surface area contributed by atoms with E-state index in [1.165, 1.54) is 0 Å². The third kappa shape index (κ3) is 3.69. The number of nitrogens with one attached hydrogen (secondary N) is 2. The second kappa shape index (κ2) is 6.98. The number of ether oxygens (including phenoxy) is 1. The number of amides is 2. The molecule has 120 valence electrons. The molecule has 0 aromatic heterocycles. The van der Waals surface area contributed by atoms with E-state index in [2.05, 4.69) is 10.6 Å². The van der Waals surface area contributed by atoms with Crippen molar-refractivity contribution in [3.8, 4) is 5.75 Å². The van der Waals surface area contributed by atoms with Crippen LogP contribution in [0.2, 0.25) is 0 Å². The smallest absolute Gasteiger partial charge is 0.262 e. The maximum atomic E-state index is 12.3. The van der Waals surface area contributed by atoms with Crippen LogP contribution in [0.1, 0.15) is 36.0 Å². The van der Waals surface area contributed by atoms with Crippen LogP contribution >= 0.6 is 12.4 Å². The van der Waals surface area contributed by atoms with Gasteiger partial charge in [-0.2, -0.15) is 0 Å². The predicted octanol–water partition coefficient (Wildman–Crippen LogP) is 1.44. The SMILES string of the molecule is Cl.NC1CCC(NC(=O)c2ccc3c(c2)NC(=O)CO3)CC1. The van der Waals surface area contributed by atoms with Crippen LogP contribution < -0.4 is 21.1 Å². The minimum atomic E-state index is -0.207. The van der Waals surface area contributed by atoms with E-state index in [-0.39, 0.29) is 42.9 Å². The quantitative estimate of drug-likeness (QED) is 0.767. The standard InChI is InChI=1S/C15H19N3O3.ClH/c16-10-2-4-11(5-3-10)17-15(20)9-1-6-13-12(7-9)18-14(19)8-21-13;/h1,6-7,10-11H,2-5,8,16H2,(H,17,20)(H,18,19);1H. The van der Waals surface area contributed by atoms with Crippen molar-refractivity contribution < 1.29 is 14.3 Å². The Labute approximate surface area is 135 Å². The number of carbonyl (C=O) groups is 2. The third-order valence-corrected chi connectivity index (χ3v) is 3.98. The Balaban J connectivity index is 0.00000176. The molecule has 3 rings (SSSR count). The highest BCUT2D eigenvalue weighted by molar-refractivity contribution is 5.99. The van der Waals surface area contributed by atoms with Crippen molar-refractivity contribution >= 4 is 29.9 Å². The molecule has 0 atom stereocenters. The Morgan fingerprint density at radius 3 is 2.73 bits per heavy atom. The van der Waals surface area contributed by atoms with Crippen molar-refractivity contribution in [2.45, 2.75) is 37.8 Å². The summed E-state index contributed by atoms with van der Waals surface area (Å²) < 4.78 is 5.27.